The van der Waals surface area contributed by atoms with E-state index in [1.54, 1.807) is 0 Å². The Morgan fingerprint density at radius 3 is 1.54 bits per heavy atom. The number of hydrogen-bond acceptors (Lipinski definition) is 2. The van der Waals surface area contributed by atoms with Gasteiger partial charge in [-0.25, -0.2) is 0 Å². The Labute approximate surface area is 162 Å². The first kappa shape index (κ1) is 24.6. The van der Waals surface area contributed by atoms with E-state index in [0.717, 1.165) is 25.7 Å². The van der Waals surface area contributed by atoms with Crippen molar-refractivity contribution in [1.29, 1.82) is 0 Å². The Morgan fingerprint density at radius 2 is 1.08 bits per heavy atom. The molecule has 0 aromatic rings. The van der Waals surface area contributed by atoms with Gasteiger partial charge in [0.1, 0.15) is 0 Å². The maximum absolute atomic E-state index is 11.0. The summed E-state index contributed by atoms with van der Waals surface area (Å²) in [4.78, 5) is 11.0. The van der Waals surface area contributed by atoms with Crippen LogP contribution in [0.4, 0.5) is 0 Å². The summed E-state index contributed by atoms with van der Waals surface area (Å²) in [5.41, 5.74) is 0. The molecule has 0 saturated heterocycles. The van der Waals surface area contributed by atoms with Crippen molar-refractivity contribution in [3.8, 4) is 23.7 Å². The first-order valence-electron chi connectivity index (χ1n) is 10.8. The molecule has 0 fully saturated rings. The molecule has 0 aliphatic rings. The third-order valence-corrected chi connectivity index (χ3v) is 4.55. The second-order valence-electron chi connectivity index (χ2n) is 7.03. The van der Waals surface area contributed by atoms with Crippen LogP contribution in [0.1, 0.15) is 116 Å². The zero-order chi connectivity index (χ0) is 19.1. The molecule has 26 heavy (non-hydrogen) atoms. The van der Waals surface area contributed by atoms with Crippen LogP contribution in [0.25, 0.3) is 0 Å². The summed E-state index contributed by atoms with van der Waals surface area (Å²) in [6.07, 6.45) is 20.1. The first-order valence-corrected chi connectivity index (χ1v) is 10.8. The second kappa shape index (κ2) is 21.6. The van der Waals surface area contributed by atoms with Gasteiger partial charge in [-0.05, 0) is 31.1 Å². The fraction of sp³-hybridized carbons (Fsp3) is 0.792. The molecule has 0 aromatic heterocycles. The number of esters is 1. The molecule has 0 bridgehead atoms. The van der Waals surface area contributed by atoms with E-state index in [2.05, 4.69) is 35.3 Å². The molecule has 0 saturated carbocycles. The monoisotopic (exact) mass is 360 g/mol. The molecule has 0 unspecified atom stereocenters. The van der Waals surface area contributed by atoms with E-state index >= 15 is 0 Å². The quantitative estimate of drug-likeness (QED) is 0.171. The van der Waals surface area contributed by atoms with Crippen molar-refractivity contribution in [2.75, 3.05) is 7.11 Å². The number of carbonyl (C=O) groups is 1. The number of hydrogen-bond donors (Lipinski definition) is 0. The zero-order valence-corrected chi connectivity index (χ0v) is 17.3. The number of rotatable bonds is 16. The second-order valence-corrected chi connectivity index (χ2v) is 7.03. The molecular weight excluding hydrogens is 320 g/mol. The molecule has 0 aliphatic carbocycles. The summed E-state index contributed by atoms with van der Waals surface area (Å²) in [6, 6.07) is 0. The van der Waals surface area contributed by atoms with Crippen molar-refractivity contribution in [1.82, 2.24) is 0 Å². The van der Waals surface area contributed by atoms with E-state index in [1.165, 1.54) is 84.2 Å². The third kappa shape index (κ3) is 20.6. The number of methoxy groups -OCH3 is 1. The number of unbranched alkanes of at least 4 members (excludes halogenated alkanes) is 14. The Morgan fingerprint density at radius 1 is 0.654 bits per heavy atom. The maximum Gasteiger partial charge on any atom is 0.305 e. The predicted octanol–water partition coefficient (Wildman–Crippen LogP) is 6.82. The lowest BCUT2D eigenvalue weighted by molar-refractivity contribution is -0.140. The molecule has 2 heteroatoms. The molecule has 0 aromatic carbocycles. The van der Waals surface area contributed by atoms with E-state index in [-0.39, 0.29) is 5.97 Å². The molecule has 0 aliphatic heterocycles. The van der Waals surface area contributed by atoms with Gasteiger partial charge in [0, 0.05) is 19.3 Å². The fourth-order valence-corrected chi connectivity index (χ4v) is 2.85. The highest BCUT2D eigenvalue weighted by atomic mass is 16.5. The van der Waals surface area contributed by atoms with Crippen molar-refractivity contribution in [3.05, 3.63) is 0 Å². The highest BCUT2D eigenvalue weighted by Crippen LogP contribution is 2.10. The molecule has 0 spiro atoms. The lowest BCUT2D eigenvalue weighted by Gasteiger charge is -2.01. The minimum absolute atomic E-state index is 0.0850. The van der Waals surface area contributed by atoms with Crippen LogP contribution in [0.15, 0.2) is 0 Å². The molecule has 0 amide bonds. The van der Waals surface area contributed by atoms with Gasteiger partial charge in [0.25, 0.3) is 0 Å². The Bertz CT molecular complexity index is 431. The molecule has 0 N–H and O–H groups in total. The van der Waals surface area contributed by atoms with Gasteiger partial charge in [-0.1, -0.05) is 89.4 Å². The molecule has 148 valence electrons. The van der Waals surface area contributed by atoms with Crippen LogP contribution in [0.2, 0.25) is 0 Å². The molecular formula is C24H40O2. The normalized spacial score (nSPS) is 9.77. The van der Waals surface area contributed by atoms with Crippen molar-refractivity contribution >= 4 is 5.97 Å². The highest BCUT2D eigenvalue weighted by molar-refractivity contribution is 5.68. The third-order valence-electron chi connectivity index (χ3n) is 4.55. The van der Waals surface area contributed by atoms with Gasteiger partial charge in [0.2, 0.25) is 0 Å². The van der Waals surface area contributed by atoms with Crippen LogP contribution in [0.3, 0.4) is 0 Å². The van der Waals surface area contributed by atoms with Gasteiger partial charge >= 0.3 is 5.97 Å². The summed E-state index contributed by atoms with van der Waals surface area (Å²) in [5.74, 6) is 12.2. The van der Waals surface area contributed by atoms with Crippen molar-refractivity contribution in [2.24, 2.45) is 0 Å². The Balaban J connectivity index is 3.25. The Hall–Kier alpha value is -1.41. The van der Waals surface area contributed by atoms with Crippen LogP contribution < -0.4 is 0 Å². The molecule has 0 atom stereocenters. The Kier molecular flexibility index (Phi) is 20.5. The van der Waals surface area contributed by atoms with Crippen molar-refractivity contribution in [3.63, 3.8) is 0 Å². The molecule has 0 heterocycles. The van der Waals surface area contributed by atoms with Gasteiger partial charge in [-0.3, -0.25) is 4.79 Å². The van der Waals surface area contributed by atoms with Crippen LogP contribution in [-0.4, -0.2) is 13.1 Å². The summed E-state index contributed by atoms with van der Waals surface area (Å²) in [5, 5.41) is 0. The van der Waals surface area contributed by atoms with Crippen molar-refractivity contribution < 1.29 is 9.53 Å². The summed E-state index contributed by atoms with van der Waals surface area (Å²) in [7, 11) is 1.45. The summed E-state index contributed by atoms with van der Waals surface area (Å²) >= 11 is 0. The lowest BCUT2D eigenvalue weighted by atomic mass is 10.1. The van der Waals surface area contributed by atoms with Crippen molar-refractivity contribution in [2.45, 2.75) is 116 Å². The molecule has 2 nitrogen and oxygen atoms in total. The SMILES string of the molecule is CCCCCCCCC#CC#CCCCCCCCCCCC(=O)OC. The predicted molar refractivity (Wildman–Crippen MR) is 112 cm³/mol. The van der Waals surface area contributed by atoms with Gasteiger partial charge < -0.3 is 4.74 Å². The number of ether oxygens (including phenoxy) is 1. The van der Waals surface area contributed by atoms with E-state index in [4.69, 9.17) is 0 Å². The van der Waals surface area contributed by atoms with Gasteiger partial charge in [0.05, 0.1) is 7.11 Å². The molecule has 0 radical (unpaired) electrons. The summed E-state index contributed by atoms with van der Waals surface area (Å²) < 4.78 is 4.63. The summed E-state index contributed by atoms with van der Waals surface area (Å²) in [6.45, 7) is 2.25. The average Bonchev–Trinajstić information content (AvgIpc) is 2.66. The average molecular weight is 361 g/mol. The van der Waals surface area contributed by atoms with Gasteiger partial charge in [0.15, 0.2) is 0 Å². The van der Waals surface area contributed by atoms with Crippen LogP contribution in [0.5, 0.6) is 0 Å². The lowest BCUT2D eigenvalue weighted by Crippen LogP contribution is -1.99. The van der Waals surface area contributed by atoms with E-state index in [9.17, 15) is 4.79 Å². The smallest absolute Gasteiger partial charge is 0.305 e. The van der Waals surface area contributed by atoms with Crippen LogP contribution in [0, 0.1) is 23.7 Å². The van der Waals surface area contributed by atoms with Gasteiger partial charge in [-0.2, -0.15) is 0 Å². The maximum atomic E-state index is 11.0. The minimum Gasteiger partial charge on any atom is -0.469 e. The fourth-order valence-electron chi connectivity index (χ4n) is 2.85. The highest BCUT2D eigenvalue weighted by Gasteiger charge is 1.98. The standard InChI is InChI=1S/C24H40O2/c1-3-4-5-6-7-8-9-10-11-12-13-14-15-16-17-18-19-20-21-22-23-24(25)26-2/h3-9,14-23H2,1-2H3. The zero-order valence-electron chi connectivity index (χ0n) is 17.3. The van der Waals surface area contributed by atoms with Crippen LogP contribution in [-0.2, 0) is 9.53 Å². The van der Waals surface area contributed by atoms with E-state index in [1.807, 2.05) is 0 Å². The number of carbonyl (C=O) groups excluding carboxylic acids is 1. The van der Waals surface area contributed by atoms with Crippen LogP contribution >= 0.6 is 0 Å². The topological polar surface area (TPSA) is 26.3 Å². The first-order chi connectivity index (χ1) is 12.8. The minimum atomic E-state index is -0.0850. The van der Waals surface area contributed by atoms with E-state index < -0.39 is 0 Å². The molecule has 0 rings (SSSR count). The largest absolute Gasteiger partial charge is 0.469 e. The van der Waals surface area contributed by atoms with E-state index in [0.29, 0.717) is 6.42 Å². The van der Waals surface area contributed by atoms with Gasteiger partial charge in [-0.15, -0.1) is 0 Å².